The number of hydrogen-bond donors (Lipinski definition) is 2. The Bertz CT molecular complexity index is 454. The third-order valence-electron chi connectivity index (χ3n) is 1.98. The van der Waals surface area contributed by atoms with Crippen LogP contribution in [0.15, 0.2) is 48.5 Å². The maximum atomic E-state index is 9.23. The van der Waals surface area contributed by atoms with Gasteiger partial charge in [0.1, 0.15) is 17.2 Å². The van der Waals surface area contributed by atoms with Crippen LogP contribution in [0.25, 0.3) is 0 Å². The van der Waals surface area contributed by atoms with Gasteiger partial charge in [-0.25, -0.2) is 0 Å². The van der Waals surface area contributed by atoms with Gasteiger partial charge in [-0.05, 0) is 24.3 Å². The van der Waals surface area contributed by atoms with E-state index >= 15 is 0 Å². The number of benzene rings is 2. The molecule has 0 radical (unpaired) electrons. The molecule has 0 aliphatic rings. The molecule has 3 heteroatoms. The van der Waals surface area contributed by atoms with Crippen molar-refractivity contribution in [2.45, 2.75) is 0 Å². The highest BCUT2D eigenvalue weighted by Crippen LogP contribution is 2.28. The summed E-state index contributed by atoms with van der Waals surface area (Å²) in [7, 11) is 0. The normalized spacial score (nSPS) is 9.87. The second-order valence-electron chi connectivity index (χ2n) is 3.14. The van der Waals surface area contributed by atoms with E-state index in [9.17, 15) is 5.11 Å². The first-order valence-corrected chi connectivity index (χ1v) is 4.57. The molecule has 3 nitrogen and oxygen atoms in total. The summed E-state index contributed by atoms with van der Waals surface area (Å²) in [5, 5.41) is 9.23. The van der Waals surface area contributed by atoms with E-state index in [0.717, 1.165) is 5.75 Å². The number of hydrogen-bond acceptors (Lipinski definition) is 3. The number of nitrogen functional groups attached to an aromatic ring is 1. The Morgan fingerprint density at radius 2 is 1.67 bits per heavy atom. The van der Waals surface area contributed by atoms with Crippen molar-refractivity contribution in [3.63, 3.8) is 0 Å². The minimum absolute atomic E-state index is 0.0652. The average molecular weight is 201 g/mol. The lowest BCUT2D eigenvalue weighted by atomic mass is 10.3. The van der Waals surface area contributed by atoms with Gasteiger partial charge in [-0.3, -0.25) is 0 Å². The summed E-state index contributed by atoms with van der Waals surface area (Å²) >= 11 is 0. The van der Waals surface area contributed by atoms with E-state index in [2.05, 4.69) is 0 Å². The lowest BCUT2D eigenvalue weighted by molar-refractivity contribution is 0.467. The van der Waals surface area contributed by atoms with Crippen LogP contribution in [-0.4, -0.2) is 5.11 Å². The molecule has 0 aliphatic heterocycles. The molecule has 0 saturated heterocycles. The standard InChI is InChI=1S/C12H11NO2/c13-11-8-10(6-7-12(11)14)15-9-4-2-1-3-5-9/h1-8,14H,13H2. The van der Waals surface area contributed by atoms with Crippen molar-refractivity contribution in [3.05, 3.63) is 48.5 Å². The minimum atomic E-state index is 0.0652. The maximum Gasteiger partial charge on any atom is 0.138 e. The van der Waals surface area contributed by atoms with Crippen LogP contribution in [-0.2, 0) is 0 Å². The van der Waals surface area contributed by atoms with Crippen molar-refractivity contribution in [1.29, 1.82) is 0 Å². The molecule has 0 amide bonds. The number of ether oxygens (including phenoxy) is 1. The van der Waals surface area contributed by atoms with Gasteiger partial charge in [-0.1, -0.05) is 18.2 Å². The molecule has 0 atom stereocenters. The van der Waals surface area contributed by atoms with E-state index in [1.807, 2.05) is 30.3 Å². The van der Waals surface area contributed by atoms with Gasteiger partial charge in [0, 0.05) is 6.07 Å². The highest BCUT2D eigenvalue weighted by atomic mass is 16.5. The first-order valence-electron chi connectivity index (χ1n) is 4.57. The molecular weight excluding hydrogens is 190 g/mol. The molecule has 3 N–H and O–H groups in total. The Balaban J connectivity index is 2.22. The number of para-hydroxylation sites is 1. The van der Waals surface area contributed by atoms with Gasteiger partial charge in [0.15, 0.2) is 0 Å². The van der Waals surface area contributed by atoms with Crippen LogP contribution in [0, 0.1) is 0 Å². The lowest BCUT2D eigenvalue weighted by Gasteiger charge is -2.06. The lowest BCUT2D eigenvalue weighted by Crippen LogP contribution is -1.88. The highest BCUT2D eigenvalue weighted by Gasteiger charge is 2.00. The molecule has 0 bridgehead atoms. The Kier molecular flexibility index (Phi) is 2.46. The second kappa shape index (κ2) is 3.92. The van der Waals surface area contributed by atoms with Crippen LogP contribution in [0.1, 0.15) is 0 Å². The van der Waals surface area contributed by atoms with Gasteiger partial charge in [0.2, 0.25) is 0 Å². The zero-order valence-electron chi connectivity index (χ0n) is 8.05. The van der Waals surface area contributed by atoms with Crippen LogP contribution in [0.4, 0.5) is 5.69 Å². The van der Waals surface area contributed by atoms with E-state index < -0.39 is 0 Å². The van der Waals surface area contributed by atoms with Gasteiger partial charge in [0.25, 0.3) is 0 Å². The summed E-state index contributed by atoms with van der Waals surface area (Å²) in [5.74, 6) is 1.41. The number of nitrogens with two attached hydrogens (primary N) is 1. The molecule has 0 aliphatic carbocycles. The molecule has 0 saturated carbocycles. The van der Waals surface area contributed by atoms with Gasteiger partial charge in [-0.15, -0.1) is 0 Å². The zero-order valence-corrected chi connectivity index (χ0v) is 8.05. The number of anilines is 1. The molecule has 2 rings (SSSR count). The summed E-state index contributed by atoms with van der Waals surface area (Å²) < 4.78 is 5.52. The van der Waals surface area contributed by atoms with E-state index in [4.69, 9.17) is 10.5 Å². The van der Waals surface area contributed by atoms with Crippen LogP contribution in [0.2, 0.25) is 0 Å². The predicted octanol–water partition coefficient (Wildman–Crippen LogP) is 2.77. The quantitative estimate of drug-likeness (QED) is 0.580. The predicted molar refractivity (Wildman–Crippen MR) is 59.0 cm³/mol. The van der Waals surface area contributed by atoms with Crippen molar-refractivity contribution < 1.29 is 9.84 Å². The summed E-state index contributed by atoms with van der Waals surface area (Å²) in [6.45, 7) is 0. The Labute approximate surface area is 87.7 Å². The summed E-state index contributed by atoms with van der Waals surface area (Å²) in [6.07, 6.45) is 0. The summed E-state index contributed by atoms with van der Waals surface area (Å²) in [6, 6.07) is 14.1. The number of phenolic OH excluding ortho intramolecular Hbond substituents is 1. The first-order chi connectivity index (χ1) is 7.25. The molecule has 2 aromatic carbocycles. The van der Waals surface area contributed by atoms with Crippen molar-refractivity contribution in [3.8, 4) is 17.2 Å². The maximum absolute atomic E-state index is 9.23. The minimum Gasteiger partial charge on any atom is -0.506 e. The Morgan fingerprint density at radius 3 is 2.33 bits per heavy atom. The Morgan fingerprint density at radius 1 is 0.933 bits per heavy atom. The molecule has 0 spiro atoms. The molecule has 0 unspecified atom stereocenters. The van der Waals surface area contributed by atoms with Gasteiger partial charge >= 0.3 is 0 Å². The number of rotatable bonds is 2. The molecule has 0 aromatic heterocycles. The van der Waals surface area contributed by atoms with Crippen molar-refractivity contribution in [2.24, 2.45) is 0 Å². The fraction of sp³-hybridized carbons (Fsp3) is 0. The topological polar surface area (TPSA) is 55.5 Å². The smallest absolute Gasteiger partial charge is 0.138 e. The average Bonchev–Trinajstić information content (AvgIpc) is 2.25. The van der Waals surface area contributed by atoms with E-state index in [-0.39, 0.29) is 5.75 Å². The van der Waals surface area contributed by atoms with Crippen molar-refractivity contribution >= 4 is 5.69 Å². The van der Waals surface area contributed by atoms with E-state index in [0.29, 0.717) is 11.4 Å². The third-order valence-corrected chi connectivity index (χ3v) is 1.98. The largest absolute Gasteiger partial charge is 0.506 e. The molecule has 2 aromatic rings. The SMILES string of the molecule is Nc1cc(Oc2ccccc2)ccc1O. The molecule has 0 fully saturated rings. The Hall–Kier alpha value is -2.16. The summed E-state index contributed by atoms with van der Waals surface area (Å²) in [4.78, 5) is 0. The van der Waals surface area contributed by atoms with Crippen LogP contribution >= 0.6 is 0 Å². The summed E-state index contributed by atoms with van der Waals surface area (Å²) in [5.41, 5.74) is 5.85. The van der Waals surface area contributed by atoms with E-state index in [1.165, 1.54) is 6.07 Å². The van der Waals surface area contributed by atoms with Crippen LogP contribution < -0.4 is 10.5 Å². The number of aromatic hydroxyl groups is 1. The third kappa shape index (κ3) is 2.20. The second-order valence-corrected chi connectivity index (χ2v) is 3.14. The zero-order chi connectivity index (χ0) is 10.7. The van der Waals surface area contributed by atoms with Crippen LogP contribution in [0.5, 0.6) is 17.2 Å². The molecular formula is C12H11NO2. The van der Waals surface area contributed by atoms with Gasteiger partial charge in [-0.2, -0.15) is 0 Å². The first kappa shape index (κ1) is 9.40. The van der Waals surface area contributed by atoms with Crippen LogP contribution in [0.3, 0.4) is 0 Å². The fourth-order valence-electron chi connectivity index (χ4n) is 1.22. The highest BCUT2D eigenvalue weighted by molar-refractivity contribution is 5.55. The molecule has 15 heavy (non-hydrogen) atoms. The van der Waals surface area contributed by atoms with Crippen molar-refractivity contribution in [2.75, 3.05) is 5.73 Å². The van der Waals surface area contributed by atoms with Crippen molar-refractivity contribution in [1.82, 2.24) is 0 Å². The van der Waals surface area contributed by atoms with Gasteiger partial charge < -0.3 is 15.6 Å². The fourth-order valence-corrected chi connectivity index (χ4v) is 1.22. The number of phenols is 1. The molecule has 76 valence electrons. The van der Waals surface area contributed by atoms with E-state index in [1.54, 1.807) is 12.1 Å². The van der Waals surface area contributed by atoms with Gasteiger partial charge in [0.05, 0.1) is 5.69 Å². The molecule has 0 heterocycles. The monoisotopic (exact) mass is 201 g/mol.